The Morgan fingerprint density at radius 2 is 1.65 bits per heavy atom. The number of para-hydroxylation sites is 1. The number of carbonyl (C=O) groups is 1. The van der Waals surface area contributed by atoms with Crippen LogP contribution in [-0.4, -0.2) is 18.7 Å². The molecule has 0 saturated carbocycles. The zero-order valence-corrected chi connectivity index (χ0v) is 17.0. The van der Waals surface area contributed by atoms with E-state index in [9.17, 15) is 4.79 Å². The molecule has 0 unspecified atom stereocenters. The summed E-state index contributed by atoms with van der Waals surface area (Å²) >= 11 is 0. The lowest BCUT2D eigenvalue weighted by atomic mass is 10.1. The molecular weight excluding hydrogens is 386 g/mol. The number of hydrazone groups is 1. The second kappa shape index (κ2) is 10.1. The van der Waals surface area contributed by atoms with Gasteiger partial charge in [-0.3, -0.25) is 4.79 Å². The summed E-state index contributed by atoms with van der Waals surface area (Å²) in [6.07, 6.45) is 1.60. The van der Waals surface area contributed by atoms with Gasteiger partial charge in [0.15, 0.2) is 0 Å². The summed E-state index contributed by atoms with van der Waals surface area (Å²) in [4.78, 5) is 11.9. The Morgan fingerprint density at radius 1 is 0.871 bits per heavy atom. The number of fused-ring (bicyclic) bond motifs is 1. The first kappa shape index (κ1) is 20.2. The van der Waals surface area contributed by atoms with E-state index in [2.05, 4.69) is 40.1 Å². The first-order chi connectivity index (χ1) is 15.3. The molecular formula is C26H23N3O2. The number of amides is 1. The second-order valence-electron chi connectivity index (χ2n) is 7.01. The van der Waals surface area contributed by atoms with Crippen LogP contribution in [0.2, 0.25) is 0 Å². The molecule has 31 heavy (non-hydrogen) atoms. The molecule has 0 aromatic heterocycles. The SMILES string of the molecule is O=C(CNc1ccccc1)N/N=C\c1cccc(OCc2cccc3ccccc23)c1. The monoisotopic (exact) mass is 409 g/mol. The Hall–Kier alpha value is -4.12. The van der Waals surface area contributed by atoms with Crippen LogP contribution in [0.5, 0.6) is 5.75 Å². The van der Waals surface area contributed by atoms with Crippen LogP contribution in [0.3, 0.4) is 0 Å². The van der Waals surface area contributed by atoms with Gasteiger partial charge in [0.05, 0.1) is 12.8 Å². The van der Waals surface area contributed by atoms with Crippen molar-refractivity contribution in [2.24, 2.45) is 5.10 Å². The maximum Gasteiger partial charge on any atom is 0.259 e. The lowest BCUT2D eigenvalue weighted by Gasteiger charge is -2.09. The highest BCUT2D eigenvalue weighted by Crippen LogP contribution is 2.21. The Morgan fingerprint density at radius 3 is 2.55 bits per heavy atom. The predicted molar refractivity (Wildman–Crippen MR) is 125 cm³/mol. The molecule has 0 aliphatic rings. The summed E-state index contributed by atoms with van der Waals surface area (Å²) < 4.78 is 6.00. The van der Waals surface area contributed by atoms with Crippen molar-refractivity contribution in [2.75, 3.05) is 11.9 Å². The lowest BCUT2D eigenvalue weighted by molar-refractivity contribution is -0.119. The second-order valence-corrected chi connectivity index (χ2v) is 7.01. The lowest BCUT2D eigenvalue weighted by Crippen LogP contribution is -2.25. The van der Waals surface area contributed by atoms with Gasteiger partial charge in [0.25, 0.3) is 5.91 Å². The van der Waals surface area contributed by atoms with Gasteiger partial charge in [-0.15, -0.1) is 0 Å². The number of ether oxygens (including phenoxy) is 1. The maximum atomic E-state index is 11.9. The summed E-state index contributed by atoms with van der Waals surface area (Å²) in [5, 5.41) is 9.46. The number of hydrogen-bond donors (Lipinski definition) is 2. The van der Waals surface area contributed by atoms with E-state index in [1.165, 1.54) is 10.8 Å². The fourth-order valence-corrected chi connectivity index (χ4v) is 3.22. The van der Waals surface area contributed by atoms with Gasteiger partial charge in [-0.2, -0.15) is 5.10 Å². The van der Waals surface area contributed by atoms with Crippen molar-refractivity contribution >= 4 is 28.6 Å². The van der Waals surface area contributed by atoms with E-state index in [0.29, 0.717) is 6.61 Å². The third-order valence-corrected chi connectivity index (χ3v) is 4.76. The molecule has 4 rings (SSSR count). The number of nitrogens with zero attached hydrogens (tertiary/aromatic N) is 1. The van der Waals surface area contributed by atoms with Crippen LogP contribution in [0, 0.1) is 0 Å². The zero-order chi connectivity index (χ0) is 21.3. The highest BCUT2D eigenvalue weighted by atomic mass is 16.5. The average Bonchev–Trinajstić information content (AvgIpc) is 2.82. The van der Waals surface area contributed by atoms with E-state index in [-0.39, 0.29) is 12.5 Å². The summed E-state index contributed by atoms with van der Waals surface area (Å²) in [5.41, 5.74) is 5.39. The van der Waals surface area contributed by atoms with E-state index in [0.717, 1.165) is 22.6 Å². The number of anilines is 1. The van der Waals surface area contributed by atoms with Crippen LogP contribution in [0.1, 0.15) is 11.1 Å². The molecule has 4 aromatic rings. The van der Waals surface area contributed by atoms with Crippen LogP contribution in [0.15, 0.2) is 102 Å². The van der Waals surface area contributed by atoms with Gasteiger partial charge in [-0.1, -0.05) is 72.8 Å². The van der Waals surface area contributed by atoms with E-state index >= 15 is 0 Å². The van der Waals surface area contributed by atoms with Crippen molar-refractivity contribution < 1.29 is 9.53 Å². The minimum atomic E-state index is -0.219. The number of carbonyl (C=O) groups excluding carboxylic acids is 1. The molecule has 0 fully saturated rings. The van der Waals surface area contributed by atoms with Crippen LogP contribution >= 0.6 is 0 Å². The molecule has 0 spiro atoms. The Labute approximate surface area is 181 Å². The molecule has 2 N–H and O–H groups in total. The van der Waals surface area contributed by atoms with E-state index in [1.54, 1.807) is 6.21 Å². The van der Waals surface area contributed by atoms with Crippen LogP contribution in [-0.2, 0) is 11.4 Å². The van der Waals surface area contributed by atoms with Crippen molar-refractivity contribution in [1.29, 1.82) is 0 Å². The van der Waals surface area contributed by atoms with Gasteiger partial charge in [-0.05, 0) is 46.2 Å². The van der Waals surface area contributed by atoms with Gasteiger partial charge in [0, 0.05) is 5.69 Å². The number of benzene rings is 4. The highest BCUT2D eigenvalue weighted by molar-refractivity contribution is 5.86. The summed E-state index contributed by atoms with van der Waals surface area (Å²) in [7, 11) is 0. The molecule has 0 bridgehead atoms. The van der Waals surface area contributed by atoms with Gasteiger partial charge in [-0.25, -0.2) is 5.43 Å². The molecule has 0 radical (unpaired) electrons. The Kier molecular flexibility index (Phi) is 6.55. The van der Waals surface area contributed by atoms with Crippen molar-refractivity contribution in [3.8, 4) is 5.75 Å². The topological polar surface area (TPSA) is 62.7 Å². The minimum absolute atomic E-state index is 0.148. The summed E-state index contributed by atoms with van der Waals surface area (Å²) in [6.45, 7) is 0.624. The minimum Gasteiger partial charge on any atom is -0.489 e. The van der Waals surface area contributed by atoms with Gasteiger partial charge < -0.3 is 10.1 Å². The van der Waals surface area contributed by atoms with E-state index in [1.807, 2.05) is 72.8 Å². The Balaban J connectivity index is 1.31. The number of nitrogens with one attached hydrogen (secondary N) is 2. The van der Waals surface area contributed by atoms with Crippen LogP contribution < -0.4 is 15.5 Å². The highest BCUT2D eigenvalue weighted by Gasteiger charge is 2.03. The first-order valence-electron chi connectivity index (χ1n) is 10.1. The third kappa shape index (κ3) is 5.70. The molecule has 4 aromatic carbocycles. The average molecular weight is 409 g/mol. The quantitative estimate of drug-likeness (QED) is 0.319. The fourth-order valence-electron chi connectivity index (χ4n) is 3.22. The molecule has 1 amide bonds. The first-order valence-corrected chi connectivity index (χ1v) is 10.1. The van der Waals surface area contributed by atoms with E-state index < -0.39 is 0 Å². The van der Waals surface area contributed by atoms with Gasteiger partial charge in [0.2, 0.25) is 0 Å². The van der Waals surface area contributed by atoms with Crippen molar-refractivity contribution in [1.82, 2.24) is 5.43 Å². The molecule has 5 nitrogen and oxygen atoms in total. The van der Waals surface area contributed by atoms with Crippen molar-refractivity contribution in [3.63, 3.8) is 0 Å². The normalized spacial score (nSPS) is 10.8. The predicted octanol–water partition coefficient (Wildman–Crippen LogP) is 4.98. The smallest absolute Gasteiger partial charge is 0.259 e. The molecule has 0 aliphatic heterocycles. The van der Waals surface area contributed by atoms with Crippen LogP contribution in [0.25, 0.3) is 10.8 Å². The summed E-state index contributed by atoms with van der Waals surface area (Å²) in [5.74, 6) is 0.525. The third-order valence-electron chi connectivity index (χ3n) is 4.76. The fraction of sp³-hybridized carbons (Fsp3) is 0.0769. The molecule has 0 aliphatic carbocycles. The number of rotatable bonds is 8. The van der Waals surface area contributed by atoms with Crippen molar-refractivity contribution in [3.05, 3.63) is 108 Å². The van der Waals surface area contributed by atoms with E-state index in [4.69, 9.17) is 4.74 Å². The molecule has 154 valence electrons. The number of hydrogen-bond acceptors (Lipinski definition) is 4. The van der Waals surface area contributed by atoms with Gasteiger partial charge >= 0.3 is 0 Å². The summed E-state index contributed by atoms with van der Waals surface area (Å²) in [6, 6.07) is 31.6. The molecule has 0 heterocycles. The largest absolute Gasteiger partial charge is 0.489 e. The van der Waals surface area contributed by atoms with Crippen molar-refractivity contribution in [2.45, 2.75) is 6.61 Å². The maximum absolute atomic E-state index is 11.9. The zero-order valence-electron chi connectivity index (χ0n) is 17.0. The van der Waals surface area contributed by atoms with Gasteiger partial charge in [0.1, 0.15) is 12.4 Å². The molecule has 0 atom stereocenters. The Bertz CT molecular complexity index is 1180. The van der Waals surface area contributed by atoms with Crippen LogP contribution in [0.4, 0.5) is 5.69 Å². The molecule has 0 saturated heterocycles. The standard InChI is InChI=1S/C26H23N3O2/c30-26(18-27-23-12-2-1-3-13-23)29-28-17-20-8-6-14-24(16-20)31-19-22-11-7-10-21-9-4-5-15-25(21)22/h1-17,27H,18-19H2,(H,29,30)/b28-17-. The molecule has 5 heteroatoms.